The summed E-state index contributed by atoms with van der Waals surface area (Å²) in [4.78, 5) is 11.7. The molecule has 0 aliphatic carbocycles. The lowest BCUT2D eigenvalue weighted by Crippen LogP contribution is -2.11. The average Bonchev–Trinajstić information content (AvgIpc) is 2.22. The third kappa shape index (κ3) is 4.20. The van der Waals surface area contributed by atoms with Gasteiger partial charge in [-0.2, -0.15) is 0 Å². The number of Topliss-reactive ketones (excluding diaryl/α,β-unsaturated/α-hetero) is 1. The second-order valence-corrected chi connectivity index (χ2v) is 5.18. The molecule has 0 bridgehead atoms. The summed E-state index contributed by atoms with van der Waals surface area (Å²) in [5, 5.41) is 0. The Morgan fingerprint density at radius 3 is 2.93 bits per heavy atom. The zero-order valence-corrected chi connectivity index (χ0v) is 12.2. The van der Waals surface area contributed by atoms with E-state index in [2.05, 4.69) is 38.5 Å². The van der Waals surface area contributed by atoms with Crippen molar-refractivity contribution in [3.63, 3.8) is 0 Å². The Labute approximate surface area is 112 Å². The van der Waals surface area contributed by atoms with Crippen LogP contribution in [0, 0.1) is 3.57 Å². The third-order valence-corrected chi connectivity index (χ3v) is 3.24. The molecule has 0 N–H and O–H groups in total. The summed E-state index contributed by atoms with van der Waals surface area (Å²) in [6.07, 6.45) is 0.933. The molecular weight excluding hydrogens is 371 g/mol. The van der Waals surface area contributed by atoms with Crippen LogP contribution in [-0.2, 0) is 4.74 Å². The second-order valence-electron chi connectivity index (χ2n) is 3.10. The van der Waals surface area contributed by atoms with Crippen LogP contribution in [0.4, 0.5) is 0 Å². The Morgan fingerprint density at radius 2 is 2.27 bits per heavy atom. The maximum Gasteiger partial charge on any atom is 0.189 e. The maximum atomic E-state index is 11.7. The van der Waals surface area contributed by atoms with Crippen molar-refractivity contribution in [2.24, 2.45) is 0 Å². The molecule has 0 aliphatic heterocycles. The van der Waals surface area contributed by atoms with Gasteiger partial charge in [-0.3, -0.25) is 4.79 Å². The minimum absolute atomic E-state index is 0.0363. The Hall–Kier alpha value is 0.0600. The first-order valence-electron chi connectivity index (χ1n) is 4.71. The number of halogens is 2. The normalized spacial score (nSPS) is 10.3. The molecule has 15 heavy (non-hydrogen) atoms. The summed E-state index contributed by atoms with van der Waals surface area (Å²) in [7, 11) is 0. The van der Waals surface area contributed by atoms with Gasteiger partial charge >= 0.3 is 0 Å². The van der Waals surface area contributed by atoms with Crippen LogP contribution in [0.15, 0.2) is 22.7 Å². The van der Waals surface area contributed by atoms with E-state index in [1.165, 1.54) is 0 Å². The fourth-order valence-electron chi connectivity index (χ4n) is 1.10. The molecule has 1 rings (SSSR count). The number of hydrogen-bond acceptors (Lipinski definition) is 2. The number of carbonyl (C=O) groups excluding carboxylic acids is 1. The lowest BCUT2D eigenvalue weighted by atomic mass is 10.1. The minimum atomic E-state index is 0.0363. The van der Waals surface area contributed by atoms with Crippen LogP contribution in [0.5, 0.6) is 0 Å². The van der Waals surface area contributed by atoms with Gasteiger partial charge in [0.25, 0.3) is 0 Å². The van der Waals surface area contributed by atoms with Gasteiger partial charge in [0.2, 0.25) is 0 Å². The van der Waals surface area contributed by atoms with Crippen LogP contribution in [0.25, 0.3) is 0 Å². The monoisotopic (exact) mass is 382 g/mol. The highest BCUT2D eigenvalue weighted by Gasteiger charge is 2.10. The molecule has 4 heteroatoms. The maximum absolute atomic E-state index is 11.7. The largest absolute Gasteiger partial charge is 0.373 e. The van der Waals surface area contributed by atoms with Crippen molar-refractivity contribution in [3.05, 3.63) is 31.8 Å². The lowest BCUT2D eigenvalue weighted by Gasteiger charge is -2.05. The number of ether oxygens (including phenoxy) is 1. The first-order chi connectivity index (χ1) is 7.15. The summed E-state index contributed by atoms with van der Waals surface area (Å²) >= 11 is 5.51. The van der Waals surface area contributed by atoms with Crippen LogP contribution < -0.4 is 0 Å². The summed E-state index contributed by atoms with van der Waals surface area (Å²) < 4.78 is 7.10. The summed E-state index contributed by atoms with van der Waals surface area (Å²) in [6, 6.07) is 5.67. The van der Waals surface area contributed by atoms with E-state index >= 15 is 0 Å². The molecular formula is C11H12BrIO2. The van der Waals surface area contributed by atoms with Crippen molar-refractivity contribution in [1.82, 2.24) is 0 Å². The van der Waals surface area contributed by atoms with Crippen molar-refractivity contribution in [2.45, 2.75) is 13.3 Å². The molecule has 0 radical (unpaired) electrons. The van der Waals surface area contributed by atoms with Crippen molar-refractivity contribution in [3.8, 4) is 0 Å². The Bertz CT molecular complexity index is 352. The number of ketones is 1. The molecule has 0 spiro atoms. The molecule has 0 fully saturated rings. The van der Waals surface area contributed by atoms with Gasteiger partial charge in [0.1, 0.15) is 6.61 Å². The van der Waals surface area contributed by atoms with Gasteiger partial charge in [0, 0.05) is 20.2 Å². The standard InChI is InChI=1S/C11H12BrIO2/c1-2-5-15-7-11(14)9-6-8(12)3-4-10(9)13/h3-4,6H,2,5,7H2,1H3. The van der Waals surface area contributed by atoms with Gasteiger partial charge in [0.05, 0.1) is 0 Å². The summed E-state index contributed by atoms with van der Waals surface area (Å²) in [5.74, 6) is 0.0363. The summed E-state index contributed by atoms with van der Waals surface area (Å²) in [6.45, 7) is 2.82. The fourth-order valence-corrected chi connectivity index (χ4v) is 2.10. The van der Waals surface area contributed by atoms with Gasteiger partial charge in [-0.15, -0.1) is 0 Å². The molecule has 0 saturated carbocycles. The van der Waals surface area contributed by atoms with Gasteiger partial charge in [0.15, 0.2) is 5.78 Å². The van der Waals surface area contributed by atoms with E-state index < -0.39 is 0 Å². The number of benzene rings is 1. The van der Waals surface area contributed by atoms with Gasteiger partial charge < -0.3 is 4.74 Å². The molecule has 0 aliphatic rings. The minimum Gasteiger partial charge on any atom is -0.373 e. The third-order valence-electron chi connectivity index (χ3n) is 1.81. The smallest absolute Gasteiger partial charge is 0.189 e. The van der Waals surface area contributed by atoms with Crippen LogP contribution in [-0.4, -0.2) is 19.0 Å². The topological polar surface area (TPSA) is 26.3 Å². The Kier molecular flexibility index (Phi) is 5.78. The van der Waals surface area contributed by atoms with Crippen molar-refractivity contribution >= 4 is 44.3 Å². The number of rotatable bonds is 5. The summed E-state index contributed by atoms with van der Waals surface area (Å²) in [5.41, 5.74) is 0.723. The van der Waals surface area contributed by atoms with Gasteiger partial charge in [-0.1, -0.05) is 22.9 Å². The van der Waals surface area contributed by atoms with Gasteiger partial charge in [-0.05, 0) is 47.2 Å². The second kappa shape index (κ2) is 6.60. The van der Waals surface area contributed by atoms with E-state index in [0.717, 1.165) is 20.0 Å². The van der Waals surface area contributed by atoms with Crippen LogP contribution >= 0.6 is 38.5 Å². The first kappa shape index (κ1) is 13.1. The highest BCUT2D eigenvalue weighted by molar-refractivity contribution is 14.1. The van der Waals surface area contributed by atoms with E-state index in [1.807, 2.05) is 25.1 Å². The predicted molar refractivity (Wildman–Crippen MR) is 72.3 cm³/mol. The Balaban J connectivity index is 2.68. The molecule has 0 unspecified atom stereocenters. The molecule has 1 aromatic rings. The average molecular weight is 383 g/mol. The lowest BCUT2D eigenvalue weighted by molar-refractivity contribution is 0.0760. The molecule has 0 heterocycles. The highest BCUT2D eigenvalue weighted by atomic mass is 127. The van der Waals surface area contributed by atoms with Crippen molar-refractivity contribution < 1.29 is 9.53 Å². The Morgan fingerprint density at radius 1 is 1.53 bits per heavy atom. The van der Waals surface area contributed by atoms with Crippen molar-refractivity contribution in [1.29, 1.82) is 0 Å². The molecule has 1 aromatic carbocycles. The van der Waals surface area contributed by atoms with Crippen LogP contribution in [0.2, 0.25) is 0 Å². The predicted octanol–water partition coefficient (Wildman–Crippen LogP) is 3.66. The van der Waals surface area contributed by atoms with Crippen molar-refractivity contribution in [2.75, 3.05) is 13.2 Å². The molecule has 0 amide bonds. The first-order valence-corrected chi connectivity index (χ1v) is 6.58. The fraction of sp³-hybridized carbons (Fsp3) is 0.364. The van der Waals surface area contributed by atoms with Crippen LogP contribution in [0.1, 0.15) is 23.7 Å². The number of hydrogen-bond donors (Lipinski definition) is 0. The van der Waals surface area contributed by atoms with E-state index in [9.17, 15) is 4.79 Å². The van der Waals surface area contributed by atoms with E-state index in [4.69, 9.17) is 4.74 Å². The highest BCUT2D eigenvalue weighted by Crippen LogP contribution is 2.18. The molecule has 2 nitrogen and oxygen atoms in total. The van der Waals surface area contributed by atoms with E-state index in [-0.39, 0.29) is 12.4 Å². The SMILES string of the molecule is CCCOCC(=O)c1cc(Br)ccc1I. The zero-order chi connectivity index (χ0) is 11.3. The van der Waals surface area contributed by atoms with Gasteiger partial charge in [-0.25, -0.2) is 0 Å². The zero-order valence-electron chi connectivity index (χ0n) is 8.43. The number of carbonyl (C=O) groups is 1. The quantitative estimate of drug-likeness (QED) is 0.441. The molecule has 0 atom stereocenters. The van der Waals surface area contributed by atoms with E-state index in [0.29, 0.717) is 6.61 Å². The molecule has 0 aromatic heterocycles. The van der Waals surface area contributed by atoms with E-state index in [1.54, 1.807) is 0 Å². The van der Waals surface area contributed by atoms with Crippen LogP contribution in [0.3, 0.4) is 0 Å². The molecule has 0 saturated heterocycles. The molecule has 82 valence electrons.